The maximum absolute atomic E-state index is 11.8. The Morgan fingerprint density at radius 1 is 1.69 bits per heavy atom. The second-order valence-corrected chi connectivity index (χ2v) is 7.70. The summed E-state index contributed by atoms with van der Waals surface area (Å²) in [5.41, 5.74) is 2.04. The minimum absolute atomic E-state index is 0.121. The third-order valence-electron chi connectivity index (χ3n) is 2.66. The van der Waals surface area contributed by atoms with Crippen LogP contribution in [0.1, 0.15) is 19.1 Å². The molecule has 0 spiro atoms. The Bertz CT molecular complexity index is 428. The molecule has 6 heteroatoms. The number of hydrogen-bond acceptors (Lipinski definition) is 3. The second kappa shape index (κ2) is 4.00. The Kier molecular flexibility index (Phi) is 2.96. The predicted molar refractivity (Wildman–Crippen MR) is 67.8 cm³/mol. The summed E-state index contributed by atoms with van der Waals surface area (Å²) in [6.45, 7) is 1.87. The van der Waals surface area contributed by atoms with Crippen molar-refractivity contribution in [3.63, 3.8) is 0 Å². The number of rotatable bonds is 3. The molecule has 1 amide bonds. The first-order valence-corrected chi connectivity index (χ1v) is 6.29. The van der Waals surface area contributed by atoms with Gasteiger partial charge in [-0.15, -0.1) is 0 Å². The van der Waals surface area contributed by atoms with Gasteiger partial charge in [0.2, 0.25) is 5.91 Å². The number of carbonyl (C=O) groups excluding carboxylic acids is 1. The molecule has 0 aromatic carbocycles. The number of furan rings is 1. The lowest BCUT2D eigenvalue weighted by Crippen LogP contribution is -2.29. The molecule has 1 N–H and O–H groups in total. The Morgan fingerprint density at radius 2 is 2.38 bits per heavy atom. The Balaban J connectivity index is 1.90. The van der Waals surface area contributed by atoms with Crippen LogP contribution in [0.3, 0.4) is 0 Å². The predicted octanol–water partition coefficient (Wildman–Crippen LogP) is 2.63. The molecule has 1 aromatic heterocycles. The van der Waals surface area contributed by atoms with Crippen LogP contribution in [-0.2, 0) is 4.79 Å². The molecule has 86 valence electrons. The number of nitrogens with zero attached hydrogens (tertiary/aromatic N) is 1. The third kappa shape index (κ3) is 2.08. The zero-order chi connectivity index (χ0) is 11.8. The quantitative estimate of drug-likeness (QED) is 0.518. The van der Waals surface area contributed by atoms with Gasteiger partial charge in [-0.3, -0.25) is 4.79 Å². The van der Waals surface area contributed by atoms with E-state index in [1.807, 2.05) is 6.92 Å². The van der Waals surface area contributed by atoms with Crippen molar-refractivity contribution in [2.45, 2.75) is 16.6 Å². The number of nitrogens with one attached hydrogen (secondary N) is 1. The van der Waals surface area contributed by atoms with Crippen LogP contribution < -0.4 is 5.43 Å². The van der Waals surface area contributed by atoms with E-state index in [0.29, 0.717) is 5.76 Å². The van der Waals surface area contributed by atoms with Crippen LogP contribution in [-0.4, -0.2) is 15.4 Å². The number of hydrogen-bond donors (Lipinski definition) is 1. The Labute approximate surface area is 110 Å². The summed E-state index contributed by atoms with van der Waals surface area (Å²) < 4.78 is 4.74. The van der Waals surface area contributed by atoms with Crippen molar-refractivity contribution in [1.29, 1.82) is 0 Å². The lowest BCUT2D eigenvalue weighted by Gasteiger charge is -2.09. The van der Waals surface area contributed by atoms with E-state index in [9.17, 15) is 4.79 Å². The average Bonchev–Trinajstić information content (AvgIpc) is 2.64. The van der Waals surface area contributed by atoms with Crippen molar-refractivity contribution >= 4 is 44.0 Å². The molecule has 1 atom stereocenters. The van der Waals surface area contributed by atoms with Gasteiger partial charge < -0.3 is 4.42 Å². The van der Waals surface area contributed by atoms with Crippen molar-refractivity contribution in [1.82, 2.24) is 5.43 Å². The molecule has 1 aromatic rings. The molecular weight excluding hydrogens is 340 g/mol. The highest BCUT2D eigenvalue weighted by Gasteiger charge is 2.66. The van der Waals surface area contributed by atoms with E-state index in [4.69, 9.17) is 4.42 Å². The van der Waals surface area contributed by atoms with Crippen LogP contribution in [0.2, 0.25) is 0 Å². The maximum atomic E-state index is 11.8. The summed E-state index contributed by atoms with van der Waals surface area (Å²) in [7, 11) is 0. The largest absolute Gasteiger partial charge is 0.463 e. The molecule has 1 heterocycles. The first-order valence-electron chi connectivity index (χ1n) is 4.70. The Morgan fingerprint density at radius 3 is 2.88 bits per heavy atom. The standard InChI is InChI=1S/C10H10Br2N2O2/c1-9(6-10(9,11)12)8(15)14-13-5-7-3-2-4-16-7/h2-5H,6H2,1H3,(H,14,15)/b13-5-/t9-/m1/s1. The van der Waals surface area contributed by atoms with Gasteiger partial charge in [-0.2, -0.15) is 5.10 Å². The zero-order valence-corrected chi connectivity index (χ0v) is 11.7. The summed E-state index contributed by atoms with van der Waals surface area (Å²) in [5, 5.41) is 3.83. The summed E-state index contributed by atoms with van der Waals surface area (Å²) in [6.07, 6.45) is 3.75. The normalized spacial score (nSPS) is 26.9. The van der Waals surface area contributed by atoms with Crippen LogP contribution in [0.15, 0.2) is 27.9 Å². The number of halogens is 2. The van der Waals surface area contributed by atoms with E-state index >= 15 is 0 Å². The Hall–Kier alpha value is -0.620. The topological polar surface area (TPSA) is 54.6 Å². The smallest absolute Gasteiger partial charge is 0.248 e. The van der Waals surface area contributed by atoms with Gasteiger partial charge in [-0.25, -0.2) is 5.43 Å². The number of amides is 1. The highest BCUT2D eigenvalue weighted by atomic mass is 79.9. The fourth-order valence-electron chi connectivity index (χ4n) is 1.29. The van der Waals surface area contributed by atoms with E-state index in [2.05, 4.69) is 42.4 Å². The first-order chi connectivity index (χ1) is 7.46. The zero-order valence-electron chi connectivity index (χ0n) is 8.54. The molecule has 4 nitrogen and oxygen atoms in total. The highest BCUT2D eigenvalue weighted by molar-refractivity contribution is 9.25. The summed E-state index contributed by atoms with van der Waals surface area (Å²) >= 11 is 6.85. The van der Waals surface area contributed by atoms with Gasteiger partial charge in [0.05, 0.1) is 21.1 Å². The summed E-state index contributed by atoms with van der Waals surface area (Å²) in [5.74, 6) is 0.481. The van der Waals surface area contributed by atoms with Gasteiger partial charge in [0.25, 0.3) is 0 Å². The van der Waals surface area contributed by atoms with Crippen molar-refractivity contribution in [2.75, 3.05) is 0 Å². The SMILES string of the molecule is C[C@]1(C(=O)N/N=C\c2ccco2)CC1(Br)Br. The van der Waals surface area contributed by atoms with Gasteiger partial charge in [-0.05, 0) is 25.5 Å². The number of carbonyl (C=O) groups is 1. The van der Waals surface area contributed by atoms with E-state index in [1.54, 1.807) is 18.4 Å². The van der Waals surface area contributed by atoms with E-state index < -0.39 is 5.41 Å². The number of hydrazone groups is 1. The molecule has 16 heavy (non-hydrogen) atoms. The lowest BCUT2D eigenvalue weighted by molar-refractivity contribution is -0.125. The van der Waals surface area contributed by atoms with Gasteiger partial charge in [-0.1, -0.05) is 31.9 Å². The van der Waals surface area contributed by atoms with E-state index in [1.165, 1.54) is 6.21 Å². The molecule has 0 bridgehead atoms. The van der Waals surface area contributed by atoms with E-state index in [0.717, 1.165) is 6.42 Å². The molecule has 1 fully saturated rings. The lowest BCUT2D eigenvalue weighted by atomic mass is 10.1. The van der Waals surface area contributed by atoms with Crippen LogP contribution in [0.25, 0.3) is 0 Å². The minimum Gasteiger partial charge on any atom is -0.463 e. The number of alkyl halides is 2. The van der Waals surface area contributed by atoms with Gasteiger partial charge >= 0.3 is 0 Å². The van der Waals surface area contributed by atoms with Crippen molar-refractivity contribution in [3.05, 3.63) is 24.2 Å². The van der Waals surface area contributed by atoms with Gasteiger partial charge in [0, 0.05) is 0 Å². The summed E-state index contributed by atoms with van der Waals surface area (Å²) in [4.78, 5) is 11.8. The van der Waals surface area contributed by atoms with E-state index in [-0.39, 0.29) is 9.14 Å². The van der Waals surface area contributed by atoms with Crippen LogP contribution >= 0.6 is 31.9 Å². The molecule has 2 rings (SSSR count). The molecule has 1 aliphatic rings. The van der Waals surface area contributed by atoms with Crippen LogP contribution in [0.4, 0.5) is 0 Å². The van der Waals surface area contributed by atoms with Crippen molar-refractivity contribution in [2.24, 2.45) is 10.5 Å². The molecule has 0 saturated heterocycles. The molecule has 0 aliphatic heterocycles. The molecule has 1 aliphatic carbocycles. The average molecular weight is 350 g/mol. The van der Waals surface area contributed by atoms with Gasteiger partial charge in [0.15, 0.2) is 0 Å². The highest BCUT2D eigenvalue weighted by Crippen LogP contribution is 2.66. The third-order valence-corrected chi connectivity index (χ3v) is 4.97. The fraction of sp³-hybridized carbons (Fsp3) is 0.400. The fourth-order valence-corrected chi connectivity index (χ4v) is 2.77. The van der Waals surface area contributed by atoms with Crippen LogP contribution in [0, 0.1) is 5.41 Å². The molecule has 1 saturated carbocycles. The maximum Gasteiger partial charge on any atom is 0.248 e. The van der Waals surface area contributed by atoms with Crippen molar-refractivity contribution < 1.29 is 9.21 Å². The molecule has 0 radical (unpaired) electrons. The first kappa shape index (κ1) is 11.9. The summed E-state index contributed by atoms with van der Waals surface area (Å²) in [6, 6.07) is 3.52. The van der Waals surface area contributed by atoms with Gasteiger partial charge in [0.1, 0.15) is 5.76 Å². The van der Waals surface area contributed by atoms with Crippen LogP contribution in [0.5, 0.6) is 0 Å². The van der Waals surface area contributed by atoms with Crippen molar-refractivity contribution in [3.8, 4) is 0 Å². The second-order valence-electron chi connectivity index (χ2n) is 3.93. The monoisotopic (exact) mass is 348 g/mol. The minimum atomic E-state index is -0.451. The molecule has 0 unspecified atom stereocenters. The molecular formula is C10H10Br2N2O2.